The van der Waals surface area contributed by atoms with Crippen molar-refractivity contribution in [3.05, 3.63) is 83.8 Å². The second-order valence-corrected chi connectivity index (χ2v) is 6.62. The number of rotatable bonds is 8. The minimum Gasteiger partial charge on any atom is -0.480 e. The predicted octanol–water partition coefficient (Wildman–Crippen LogP) is 3.65. The van der Waals surface area contributed by atoms with Gasteiger partial charge in [0, 0.05) is 12.3 Å². The zero-order valence-electron chi connectivity index (χ0n) is 14.8. The Morgan fingerprint density at radius 1 is 1.04 bits per heavy atom. The average Bonchev–Trinajstić information content (AvgIpc) is 3.30. The van der Waals surface area contributed by atoms with Gasteiger partial charge in [-0.05, 0) is 34.4 Å². The van der Waals surface area contributed by atoms with Crippen molar-refractivity contribution < 1.29 is 19.1 Å². The monoisotopic (exact) mass is 363 g/mol. The molecular formula is C22H21NO4. The second-order valence-electron chi connectivity index (χ2n) is 6.62. The van der Waals surface area contributed by atoms with Gasteiger partial charge in [-0.1, -0.05) is 48.5 Å². The number of aliphatic carboxylic acids is 1. The summed E-state index contributed by atoms with van der Waals surface area (Å²) >= 11 is 0. The zero-order chi connectivity index (χ0) is 18.6. The first kappa shape index (κ1) is 17.5. The summed E-state index contributed by atoms with van der Waals surface area (Å²) in [5.41, 5.74) is 5.00. The lowest BCUT2D eigenvalue weighted by Crippen LogP contribution is -2.40. The number of nitrogens with one attached hydrogen (secondary N) is 1. The Morgan fingerprint density at radius 3 is 2.30 bits per heavy atom. The third-order valence-corrected chi connectivity index (χ3v) is 4.96. The van der Waals surface area contributed by atoms with Crippen LogP contribution in [0.1, 0.15) is 22.8 Å². The average molecular weight is 363 g/mol. The highest BCUT2D eigenvalue weighted by molar-refractivity contribution is 5.78. The van der Waals surface area contributed by atoms with Gasteiger partial charge in [-0.3, -0.25) is 10.1 Å². The molecular weight excluding hydrogens is 342 g/mol. The summed E-state index contributed by atoms with van der Waals surface area (Å²) in [7, 11) is 0. The first-order chi connectivity index (χ1) is 13.2. The van der Waals surface area contributed by atoms with E-state index in [0.717, 1.165) is 0 Å². The summed E-state index contributed by atoms with van der Waals surface area (Å²) in [6.07, 6.45) is 1.82. The van der Waals surface area contributed by atoms with Gasteiger partial charge in [0.05, 0.1) is 19.6 Å². The molecule has 0 saturated heterocycles. The van der Waals surface area contributed by atoms with Crippen molar-refractivity contribution in [1.29, 1.82) is 0 Å². The van der Waals surface area contributed by atoms with Crippen LogP contribution >= 0.6 is 0 Å². The fourth-order valence-corrected chi connectivity index (χ4v) is 3.65. The SMILES string of the molecule is O=C(O)C(Cc1ccco1)NCOCC1c2ccccc2-c2ccccc21. The molecule has 0 aliphatic heterocycles. The minimum absolute atomic E-state index is 0.160. The van der Waals surface area contributed by atoms with E-state index in [4.69, 9.17) is 9.15 Å². The van der Waals surface area contributed by atoms with E-state index in [-0.39, 0.29) is 19.1 Å². The first-order valence-corrected chi connectivity index (χ1v) is 8.98. The Labute approximate surface area is 157 Å². The van der Waals surface area contributed by atoms with E-state index in [2.05, 4.69) is 29.6 Å². The molecule has 0 bridgehead atoms. The first-order valence-electron chi connectivity index (χ1n) is 8.98. The van der Waals surface area contributed by atoms with Crippen LogP contribution in [0.25, 0.3) is 11.1 Å². The van der Waals surface area contributed by atoms with E-state index in [0.29, 0.717) is 12.4 Å². The highest BCUT2D eigenvalue weighted by Crippen LogP contribution is 2.44. The summed E-state index contributed by atoms with van der Waals surface area (Å²) in [6.45, 7) is 0.659. The maximum absolute atomic E-state index is 11.4. The molecule has 138 valence electrons. The van der Waals surface area contributed by atoms with Crippen LogP contribution in [0, 0.1) is 0 Å². The number of carbonyl (C=O) groups is 1. The standard InChI is InChI=1S/C22H21NO4/c24-22(25)21(12-15-6-5-11-27-15)23-14-26-13-20-18-9-3-1-7-16(18)17-8-2-4-10-19(17)20/h1-11,20-21,23H,12-14H2,(H,24,25). The Kier molecular flexibility index (Phi) is 5.05. The van der Waals surface area contributed by atoms with Crippen molar-refractivity contribution in [3.8, 4) is 11.1 Å². The lowest BCUT2D eigenvalue weighted by atomic mass is 9.98. The summed E-state index contributed by atoms with van der Waals surface area (Å²) in [6, 6.07) is 19.5. The van der Waals surface area contributed by atoms with Crippen molar-refractivity contribution in [1.82, 2.24) is 5.32 Å². The van der Waals surface area contributed by atoms with Crippen LogP contribution < -0.4 is 5.32 Å². The van der Waals surface area contributed by atoms with Crippen LogP contribution in [0.4, 0.5) is 0 Å². The minimum atomic E-state index is -0.924. The summed E-state index contributed by atoms with van der Waals surface area (Å²) in [5.74, 6) is -0.132. The molecule has 4 rings (SSSR count). The number of carboxylic acid groups (broad SMARTS) is 1. The van der Waals surface area contributed by atoms with Gasteiger partial charge in [0.25, 0.3) is 0 Å². The van der Waals surface area contributed by atoms with Crippen molar-refractivity contribution in [3.63, 3.8) is 0 Å². The molecule has 3 aromatic rings. The normalized spacial score (nSPS) is 13.9. The maximum Gasteiger partial charge on any atom is 0.321 e. The highest BCUT2D eigenvalue weighted by atomic mass is 16.5. The van der Waals surface area contributed by atoms with Gasteiger partial charge in [0.15, 0.2) is 0 Å². The van der Waals surface area contributed by atoms with E-state index < -0.39 is 12.0 Å². The highest BCUT2D eigenvalue weighted by Gasteiger charge is 2.28. The molecule has 1 aliphatic carbocycles. The molecule has 0 fully saturated rings. The lowest BCUT2D eigenvalue weighted by molar-refractivity contribution is -0.140. The van der Waals surface area contributed by atoms with Gasteiger partial charge in [0.2, 0.25) is 0 Å². The quantitative estimate of drug-likeness (QED) is 0.472. The Morgan fingerprint density at radius 2 is 1.70 bits per heavy atom. The fraction of sp³-hybridized carbons (Fsp3) is 0.227. The van der Waals surface area contributed by atoms with E-state index in [1.165, 1.54) is 22.3 Å². The summed E-state index contributed by atoms with van der Waals surface area (Å²) < 4.78 is 11.1. The Balaban J connectivity index is 1.38. The van der Waals surface area contributed by atoms with Gasteiger partial charge < -0.3 is 14.3 Å². The third kappa shape index (κ3) is 3.65. The van der Waals surface area contributed by atoms with Crippen LogP contribution in [0.15, 0.2) is 71.3 Å². The van der Waals surface area contributed by atoms with Crippen molar-refractivity contribution in [2.75, 3.05) is 13.3 Å². The van der Waals surface area contributed by atoms with Gasteiger partial charge in [-0.25, -0.2) is 0 Å². The summed E-state index contributed by atoms with van der Waals surface area (Å²) in [4.78, 5) is 11.4. The molecule has 0 amide bonds. The Bertz CT molecular complexity index is 874. The molecule has 1 unspecified atom stereocenters. The molecule has 1 heterocycles. The number of benzene rings is 2. The number of carboxylic acids is 1. The molecule has 0 radical (unpaired) electrons. The van der Waals surface area contributed by atoms with E-state index >= 15 is 0 Å². The summed E-state index contributed by atoms with van der Waals surface area (Å²) in [5, 5.41) is 12.3. The number of fused-ring (bicyclic) bond motifs is 3. The molecule has 27 heavy (non-hydrogen) atoms. The third-order valence-electron chi connectivity index (χ3n) is 4.96. The van der Waals surface area contributed by atoms with E-state index in [1.807, 2.05) is 24.3 Å². The molecule has 5 heteroatoms. The molecule has 2 N–H and O–H groups in total. The number of hydrogen-bond acceptors (Lipinski definition) is 4. The van der Waals surface area contributed by atoms with Crippen LogP contribution in [0.5, 0.6) is 0 Å². The molecule has 1 atom stereocenters. The molecule has 0 saturated carbocycles. The van der Waals surface area contributed by atoms with Crippen LogP contribution in [0.2, 0.25) is 0 Å². The molecule has 5 nitrogen and oxygen atoms in total. The fourth-order valence-electron chi connectivity index (χ4n) is 3.65. The number of ether oxygens (including phenoxy) is 1. The second kappa shape index (κ2) is 7.78. The van der Waals surface area contributed by atoms with Gasteiger partial charge in [-0.15, -0.1) is 0 Å². The smallest absolute Gasteiger partial charge is 0.321 e. The zero-order valence-corrected chi connectivity index (χ0v) is 14.8. The van der Waals surface area contributed by atoms with Gasteiger partial charge in [-0.2, -0.15) is 0 Å². The number of hydrogen-bond donors (Lipinski definition) is 2. The topological polar surface area (TPSA) is 71.7 Å². The molecule has 1 aliphatic rings. The van der Waals surface area contributed by atoms with Crippen molar-refractivity contribution >= 4 is 5.97 Å². The molecule has 0 spiro atoms. The van der Waals surface area contributed by atoms with Crippen LogP contribution in [-0.2, 0) is 16.0 Å². The maximum atomic E-state index is 11.4. The van der Waals surface area contributed by atoms with Crippen molar-refractivity contribution in [2.45, 2.75) is 18.4 Å². The van der Waals surface area contributed by atoms with E-state index in [9.17, 15) is 9.90 Å². The molecule has 2 aromatic carbocycles. The predicted molar refractivity (Wildman–Crippen MR) is 102 cm³/mol. The lowest BCUT2D eigenvalue weighted by Gasteiger charge is -2.17. The van der Waals surface area contributed by atoms with Crippen molar-refractivity contribution in [2.24, 2.45) is 0 Å². The van der Waals surface area contributed by atoms with Crippen LogP contribution in [0.3, 0.4) is 0 Å². The van der Waals surface area contributed by atoms with Gasteiger partial charge in [0.1, 0.15) is 11.8 Å². The van der Waals surface area contributed by atoms with Gasteiger partial charge >= 0.3 is 5.97 Å². The molecule has 1 aromatic heterocycles. The Hall–Kier alpha value is -2.89. The largest absolute Gasteiger partial charge is 0.480 e. The van der Waals surface area contributed by atoms with Crippen LogP contribution in [-0.4, -0.2) is 30.5 Å². The number of furan rings is 1. The van der Waals surface area contributed by atoms with E-state index in [1.54, 1.807) is 18.4 Å².